The lowest BCUT2D eigenvalue weighted by Gasteiger charge is -2.37. The van der Waals surface area contributed by atoms with Gasteiger partial charge >= 0.3 is 0 Å². The van der Waals surface area contributed by atoms with Gasteiger partial charge in [0.1, 0.15) is 0 Å². The van der Waals surface area contributed by atoms with Crippen LogP contribution in [0.25, 0.3) is 0 Å². The minimum atomic E-state index is 0.820. The number of piperazine rings is 1. The molecule has 1 aliphatic rings. The normalized spacial score (nSPS) is 14.7. The van der Waals surface area contributed by atoms with E-state index < -0.39 is 0 Å². The number of nitrogens with zero attached hydrogens (tertiary/aromatic N) is 3. The fourth-order valence-corrected chi connectivity index (χ4v) is 3.16. The van der Waals surface area contributed by atoms with Crippen molar-refractivity contribution in [2.45, 2.75) is 13.3 Å². The van der Waals surface area contributed by atoms with Gasteiger partial charge in [-0.3, -0.25) is 4.98 Å². The van der Waals surface area contributed by atoms with Crippen LogP contribution in [0, 0.1) is 0 Å². The Kier molecular flexibility index (Phi) is 5.08. The number of hydrogen-bond donors (Lipinski definition) is 1. The maximum atomic E-state index is 5.61. The van der Waals surface area contributed by atoms with Gasteiger partial charge in [-0.1, -0.05) is 25.1 Å². The summed E-state index contributed by atoms with van der Waals surface area (Å²) in [7, 11) is 0. The molecule has 3 rings (SSSR count). The van der Waals surface area contributed by atoms with Crippen LogP contribution in [0.15, 0.2) is 48.8 Å². The predicted octanol–water partition coefficient (Wildman–Crippen LogP) is 3.16. The van der Waals surface area contributed by atoms with Crippen LogP contribution in [0.1, 0.15) is 12.5 Å². The molecule has 120 valence electrons. The first-order valence-electron chi connectivity index (χ1n) is 8.06. The molecule has 23 heavy (non-hydrogen) atoms. The number of nitrogens with one attached hydrogen (secondary N) is 1. The second-order valence-electron chi connectivity index (χ2n) is 5.62. The molecule has 2 heterocycles. The number of thiocarbonyl (C=S) groups is 1. The van der Waals surface area contributed by atoms with Crippen molar-refractivity contribution >= 4 is 28.7 Å². The van der Waals surface area contributed by atoms with Gasteiger partial charge in [0.05, 0.1) is 0 Å². The minimum Gasteiger partial charge on any atom is -0.368 e. The number of anilines is 2. The van der Waals surface area contributed by atoms with Crippen molar-refractivity contribution < 1.29 is 0 Å². The topological polar surface area (TPSA) is 31.4 Å². The fourth-order valence-electron chi connectivity index (χ4n) is 2.87. The highest BCUT2D eigenvalue weighted by Gasteiger charge is 2.19. The van der Waals surface area contributed by atoms with Gasteiger partial charge in [-0.25, -0.2) is 0 Å². The SMILES string of the molecule is CCc1ccccc1NC(=S)N1CCN(c2ccncc2)CC1. The summed E-state index contributed by atoms with van der Waals surface area (Å²) in [5, 5.41) is 4.23. The van der Waals surface area contributed by atoms with Crippen molar-refractivity contribution in [3.05, 3.63) is 54.4 Å². The summed E-state index contributed by atoms with van der Waals surface area (Å²) in [6, 6.07) is 12.5. The van der Waals surface area contributed by atoms with Crippen LogP contribution in [0.3, 0.4) is 0 Å². The summed E-state index contributed by atoms with van der Waals surface area (Å²) in [5.41, 5.74) is 3.65. The molecule has 1 fully saturated rings. The molecule has 1 saturated heterocycles. The molecule has 1 N–H and O–H groups in total. The zero-order valence-corrected chi connectivity index (χ0v) is 14.2. The maximum Gasteiger partial charge on any atom is 0.173 e. The van der Waals surface area contributed by atoms with Crippen LogP contribution in [0.2, 0.25) is 0 Å². The average molecular weight is 326 g/mol. The van der Waals surface area contributed by atoms with E-state index in [1.165, 1.54) is 11.3 Å². The molecule has 1 aromatic heterocycles. The highest BCUT2D eigenvalue weighted by molar-refractivity contribution is 7.80. The summed E-state index contributed by atoms with van der Waals surface area (Å²) in [5.74, 6) is 0. The molecule has 1 aromatic carbocycles. The van der Waals surface area contributed by atoms with Crippen LogP contribution >= 0.6 is 12.2 Å². The van der Waals surface area contributed by atoms with Gasteiger partial charge in [-0.15, -0.1) is 0 Å². The van der Waals surface area contributed by atoms with Gasteiger partial charge in [-0.05, 0) is 42.4 Å². The second kappa shape index (κ2) is 7.42. The van der Waals surface area contributed by atoms with Crippen molar-refractivity contribution in [3.8, 4) is 0 Å². The third-order valence-electron chi connectivity index (χ3n) is 4.23. The molecule has 0 radical (unpaired) electrons. The highest BCUT2D eigenvalue weighted by Crippen LogP contribution is 2.18. The van der Waals surface area contributed by atoms with Crippen LogP contribution in [0.5, 0.6) is 0 Å². The van der Waals surface area contributed by atoms with Crippen molar-refractivity contribution in [2.24, 2.45) is 0 Å². The first kappa shape index (κ1) is 15.7. The highest BCUT2D eigenvalue weighted by atomic mass is 32.1. The van der Waals surface area contributed by atoms with E-state index in [2.05, 4.69) is 57.4 Å². The Morgan fingerprint density at radius 1 is 1.09 bits per heavy atom. The monoisotopic (exact) mass is 326 g/mol. The summed E-state index contributed by atoms with van der Waals surface area (Å²) >= 11 is 5.61. The standard InChI is InChI=1S/C18H22N4S/c1-2-15-5-3-4-6-17(15)20-18(23)22-13-11-21(12-14-22)16-7-9-19-10-8-16/h3-10H,2,11-14H2,1H3,(H,20,23). The predicted molar refractivity (Wildman–Crippen MR) is 100 cm³/mol. The quantitative estimate of drug-likeness (QED) is 0.876. The lowest BCUT2D eigenvalue weighted by molar-refractivity contribution is 0.391. The molecule has 0 bridgehead atoms. The first-order chi connectivity index (χ1) is 11.3. The third kappa shape index (κ3) is 3.79. The molecule has 1 aliphatic heterocycles. The average Bonchev–Trinajstić information content (AvgIpc) is 2.63. The number of aromatic nitrogens is 1. The van der Waals surface area contributed by atoms with E-state index in [-0.39, 0.29) is 0 Å². The van der Waals surface area contributed by atoms with Gasteiger partial charge in [0.25, 0.3) is 0 Å². The molecular weight excluding hydrogens is 304 g/mol. The van der Waals surface area contributed by atoms with Crippen molar-refractivity contribution in [3.63, 3.8) is 0 Å². The lowest BCUT2D eigenvalue weighted by Crippen LogP contribution is -2.50. The van der Waals surface area contributed by atoms with Crippen molar-refractivity contribution in [1.29, 1.82) is 0 Å². The Balaban J connectivity index is 1.58. The summed E-state index contributed by atoms with van der Waals surface area (Å²) in [6.45, 7) is 5.98. The Hall–Kier alpha value is -2.14. The van der Waals surface area contributed by atoms with Crippen LogP contribution in [-0.2, 0) is 6.42 Å². The molecule has 0 unspecified atom stereocenters. The zero-order valence-electron chi connectivity index (χ0n) is 13.4. The Bertz CT molecular complexity index is 651. The van der Waals surface area contributed by atoms with Gasteiger partial charge in [0, 0.05) is 49.9 Å². The number of hydrogen-bond acceptors (Lipinski definition) is 3. The Morgan fingerprint density at radius 2 is 1.78 bits per heavy atom. The van der Waals surface area contributed by atoms with Gasteiger partial charge < -0.3 is 15.1 Å². The van der Waals surface area contributed by atoms with Crippen LogP contribution < -0.4 is 10.2 Å². The van der Waals surface area contributed by atoms with Crippen LogP contribution in [0.4, 0.5) is 11.4 Å². The van der Waals surface area contributed by atoms with Gasteiger partial charge in [0.15, 0.2) is 5.11 Å². The molecule has 0 atom stereocenters. The van der Waals surface area contributed by atoms with E-state index >= 15 is 0 Å². The lowest BCUT2D eigenvalue weighted by atomic mass is 10.1. The summed E-state index contributed by atoms with van der Waals surface area (Å²) < 4.78 is 0. The minimum absolute atomic E-state index is 0.820. The van der Waals surface area contributed by atoms with Gasteiger partial charge in [-0.2, -0.15) is 0 Å². The molecule has 0 spiro atoms. The molecular formula is C18H22N4S. The Labute approximate surface area is 143 Å². The molecule has 2 aromatic rings. The smallest absolute Gasteiger partial charge is 0.173 e. The summed E-state index contributed by atoms with van der Waals surface area (Å²) in [6.07, 6.45) is 4.69. The third-order valence-corrected chi connectivity index (χ3v) is 4.59. The Morgan fingerprint density at radius 3 is 2.48 bits per heavy atom. The molecule has 0 amide bonds. The largest absolute Gasteiger partial charge is 0.368 e. The first-order valence-corrected chi connectivity index (χ1v) is 8.47. The zero-order chi connectivity index (χ0) is 16.1. The van der Waals surface area contributed by atoms with E-state index in [0.717, 1.165) is 43.4 Å². The van der Waals surface area contributed by atoms with E-state index in [1.54, 1.807) is 0 Å². The maximum absolute atomic E-state index is 5.61. The van der Waals surface area contributed by atoms with E-state index in [4.69, 9.17) is 12.2 Å². The number of aryl methyl sites for hydroxylation is 1. The number of benzene rings is 1. The number of rotatable bonds is 3. The fraction of sp³-hybridized carbons (Fsp3) is 0.333. The number of para-hydroxylation sites is 1. The summed E-state index contributed by atoms with van der Waals surface area (Å²) in [4.78, 5) is 8.70. The molecule has 0 saturated carbocycles. The molecule has 4 nitrogen and oxygen atoms in total. The van der Waals surface area contributed by atoms with E-state index in [1.807, 2.05) is 18.5 Å². The van der Waals surface area contributed by atoms with Gasteiger partial charge in [0.2, 0.25) is 0 Å². The van der Waals surface area contributed by atoms with E-state index in [0.29, 0.717) is 0 Å². The van der Waals surface area contributed by atoms with Crippen LogP contribution in [-0.4, -0.2) is 41.2 Å². The molecule has 5 heteroatoms. The number of pyridine rings is 1. The second-order valence-corrected chi connectivity index (χ2v) is 6.01. The van der Waals surface area contributed by atoms with Crippen molar-refractivity contribution in [2.75, 3.05) is 36.4 Å². The molecule has 0 aliphatic carbocycles. The van der Waals surface area contributed by atoms with Crippen molar-refractivity contribution in [1.82, 2.24) is 9.88 Å². The van der Waals surface area contributed by atoms with E-state index in [9.17, 15) is 0 Å².